The number of pyridine rings is 1. The lowest BCUT2D eigenvalue weighted by Crippen LogP contribution is -2.24. The average Bonchev–Trinajstić information content (AvgIpc) is 3.29. The first kappa shape index (κ1) is 22.0. The van der Waals surface area contributed by atoms with E-state index in [0.717, 1.165) is 42.0 Å². The van der Waals surface area contributed by atoms with Crippen molar-refractivity contribution in [1.82, 2.24) is 29.3 Å². The van der Waals surface area contributed by atoms with Gasteiger partial charge in [0.2, 0.25) is 0 Å². The quantitative estimate of drug-likeness (QED) is 0.431. The van der Waals surface area contributed by atoms with Crippen LogP contribution in [-0.2, 0) is 6.54 Å². The van der Waals surface area contributed by atoms with Crippen molar-refractivity contribution in [2.75, 3.05) is 29.9 Å². The number of aromatic nitrogens is 6. The maximum Gasteiger partial charge on any atom is 0.274 e. The van der Waals surface area contributed by atoms with Crippen molar-refractivity contribution in [2.24, 2.45) is 0 Å². The van der Waals surface area contributed by atoms with Crippen LogP contribution in [0.3, 0.4) is 0 Å². The minimum Gasteiger partial charge on any atom is -0.489 e. The lowest BCUT2D eigenvalue weighted by Gasteiger charge is -2.22. The van der Waals surface area contributed by atoms with Gasteiger partial charge in [-0.3, -0.25) is 4.79 Å². The number of carbonyl (C=O) groups excluding carboxylic acids is 1. The molecule has 2 N–H and O–H groups in total. The van der Waals surface area contributed by atoms with E-state index in [4.69, 9.17) is 4.74 Å². The van der Waals surface area contributed by atoms with Crippen LogP contribution in [0.4, 0.5) is 11.4 Å². The van der Waals surface area contributed by atoms with Gasteiger partial charge in [-0.25, -0.2) is 19.6 Å². The first-order chi connectivity index (χ1) is 18.1. The third-order valence-corrected chi connectivity index (χ3v) is 7.14. The van der Waals surface area contributed by atoms with Crippen LogP contribution in [0.2, 0.25) is 0 Å². The zero-order chi connectivity index (χ0) is 24.9. The Labute approximate surface area is 212 Å². The van der Waals surface area contributed by atoms with Crippen LogP contribution >= 0.6 is 0 Å². The average molecular weight is 499 g/mol. The van der Waals surface area contributed by atoms with E-state index in [-0.39, 0.29) is 17.7 Å². The second-order valence-corrected chi connectivity index (χ2v) is 9.72. The van der Waals surface area contributed by atoms with Crippen LogP contribution in [0.15, 0.2) is 49.3 Å². The summed E-state index contributed by atoms with van der Waals surface area (Å²) in [6.45, 7) is 2.24. The maximum absolute atomic E-state index is 13.4. The van der Waals surface area contributed by atoms with E-state index in [1.165, 1.54) is 6.33 Å². The smallest absolute Gasteiger partial charge is 0.274 e. The van der Waals surface area contributed by atoms with Crippen LogP contribution in [0.5, 0.6) is 5.75 Å². The molecular weight excluding hydrogens is 472 g/mol. The Balaban J connectivity index is 1.23. The number of hydrogen-bond acceptors (Lipinski definition) is 8. The number of benzene rings is 1. The summed E-state index contributed by atoms with van der Waals surface area (Å²) in [5, 5.41) is 17.4. The molecule has 1 aliphatic carbocycles. The molecule has 37 heavy (non-hydrogen) atoms. The summed E-state index contributed by atoms with van der Waals surface area (Å²) < 4.78 is 9.75. The van der Waals surface area contributed by atoms with Crippen LogP contribution in [0.1, 0.15) is 41.4 Å². The molecule has 4 aromatic rings. The summed E-state index contributed by atoms with van der Waals surface area (Å²) >= 11 is 0. The molecule has 11 nitrogen and oxygen atoms in total. The fourth-order valence-corrected chi connectivity index (χ4v) is 5.06. The van der Waals surface area contributed by atoms with Crippen molar-refractivity contribution in [3.63, 3.8) is 0 Å². The number of ether oxygens (including phenoxy) is 1. The van der Waals surface area contributed by atoms with Gasteiger partial charge in [0.25, 0.3) is 5.91 Å². The van der Waals surface area contributed by atoms with Gasteiger partial charge < -0.3 is 24.6 Å². The zero-order valence-corrected chi connectivity index (χ0v) is 20.1. The number of aliphatic hydroxyl groups excluding tert-OH is 1. The largest absolute Gasteiger partial charge is 0.489 e. The van der Waals surface area contributed by atoms with Crippen molar-refractivity contribution in [2.45, 2.75) is 37.8 Å². The van der Waals surface area contributed by atoms with E-state index in [1.54, 1.807) is 29.3 Å². The van der Waals surface area contributed by atoms with Crippen molar-refractivity contribution in [3.05, 3.63) is 60.7 Å². The number of β-amino-alcohol motifs (C(OH)–C–C–N with tert-alkyl or cyclic N) is 1. The van der Waals surface area contributed by atoms with Crippen molar-refractivity contribution < 1.29 is 14.6 Å². The lowest BCUT2D eigenvalue weighted by atomic mass is 10.1. The molecule has 5 heterocycles. The standard InChI is InChI=1S/C26H26N8O3/c35-17-6-7-32(12-17)23-11-27-20(10-22(23)33-13-21(29-15-33)16-4-5-16)26(36)31-19-3-1-2-18-24(19)37-9-8-34-25(18)28-14-30-34/h1-3,10-11,13-17,35H,4-9,12H2,(H,31,36)/t17-/m0/s1. The summed E-state index contributed by atoms with van der Waals surface area (Å²) in [6.07, 6.45) is 9.70. The molecule has 1 saturated heterocycles. The number of para-hydroxylation sites is 1. The van der Waals surface area contributed by atoms with Crippen LogP contribution in [0, 0.1) is 0 Å². The maximum atomic E-state index is 13.4. The number of anilines is 2. The van der Waals surface area contributed by atoms with Gasteiger partial charge in [-0.2, -0.15) is 5.10 Å². The van der Waals surface area contributed by atoms with E-state index >= 15 is 0 Å². The SMILES string of the molecule is O=C(Nc1cccc2c1OCCn1ncnc1-2)c1cc(-n2cnc(C3CC3)c2)c(N2CC[C@H](O)C2)cn1. The highest BCUT2D eigenvalue weighted by molar-refractivity contribution is 6.05. The number of amides is 1. The fraction of sp³-hybridized carbons (Fsp3) is 0.346. The van der Waals surface area contributed by atoms with Crippen molar-refractivity contribution in [3.8, 4) is 22.8 Å². The molecule has 188 valence electrons. The van der Waals surface area contributed by atoms with Gasteiger partial charge in [-0.1, -0.05) is 6.07 Å². The minimum atomic E-state index is -0.375. The summed E-state index contributed by atoms with van der Waals surface area (Å²) in [7, 11) is 0. The van der Waals surface area contributed by atoms with Gasteiger partial charge in [-0.15, -0.1) is 0 Å². The number of nitrogens with one attached hydrogen (secondary N) is 1. The monoisotopic (exact) mass is 498 g/mol. The van der Waals surface area contributed by atoms with Crippen LogP contribution in [0.25, 0.3) is 17.1 Å². The Hall–Kier alpha value is -4.25. The Kier molecular flexibility index (Phi) is 5.17. The lowest BCUT2D eigenvalue weighted by molar-refractivity contribution is 0.102. The number of hydrogen-bond donors (Lipinski definition) is 2. The Morgan fingerprint density at radius 3 is 2.86 bits per heavy atom. The molecular formula is C26H26N8O3. The number of fused-ring (bicyclic) bond motifs is 3. The van der Waals surface area contributed by atoms with Crippen molar-refractivity contribution in [1.29, 1.82) is 0 Å². The number of imidazole rings is 1. The Bertz CT molecular complexity index is 1490. The number of rotatable bonds is 5. The Morgan fingerprint density at radius 2 is 2.03 bits per heavy atom. The molecule has 1 saturated carbocycles. The summed E-state index contributed by atoms with van der Waals surface area (Å²) in [5.74, 6) is 1.43. The summed E-state index contributed by atoms with van der Waals surface area (Å²) in [4.78, 5) is 29.0. The van der Waals surface area contributed by atoms with Gasteiger partial charge in [0.1, 0.15) is 18.6 Å². The second kappa shape index (κ2) is 8.70. The molecule has 2 aliphatic heterocycles. The molecule has 3 aliphatic rings. The van der Waals surface area contributed by atoms with Gasteiger partial charge in [-0.05, 0) is 37.5 Å². The third kappa shape index (κ3) is 4.01. The van der Waals surface area contributed by atoms with Gasteiger partial charge in [0.05, 0.1) is 53.5 Å². The number of carbonyl (C=O) groups is 1. The molecule has 11 heteroatoms. The number of nitrogens with zero attached hydrogens (tertiary/aromatic N) is 7. The highest BCUT2D eigenvalue weighted by atomic mass is 16.5. The zero-order valence-electron chi connectivity index (χ0n) is 20.1. The molecule has 2 fully saturated rings. The fourth-order valence-electron chi connectivity index (χ4n) is 5.06. The molecule has 7 rings (SSSR count). The van der Waals surface area contributed by atoms with Gasteiger partial charge in [0, 0.05) is 25.2 Å². The van der Waals surface area contributed by atoms with E-state index in [1.807, 2.05) is 22.9 Å². The third-order valence-electron chi connectivity index (χ3n) is 7.14. The summed E-state index contributed by atoms with van der Waals surface area (Å²) in [5.41, 5.74) is 4.33. The predicted octanol–water partition coefficient (Wildman–Crippen LogP) is 2.62. The van der Waals surface area contributed by atoms with E-state index in [9.17, 15) is 9.90 Å². The second-order valence-electron chi connectivity index (χ2n) is 9.72. The molecule has 1 aromatic carbocycles. The minimum absolute atomic E-state index is 0.273. The number of aliphatic hydroxyl groups is 1. The molecule has 1 amide bonds. The first-order valence-electron chi connectivity index (χ1n) is 12.6. The molecule has 0 bridgehead atoms. The summed E-state index contributed by atoms with van der Waals surface area (Å²) in [6, 6.07) is 7.35. The molecule has 3 aromatic heterocycles. The van der Waals surface area contributed by atoms with Crippen molar-refractivity contribution >= 4 is 17.3 Å². The normalized spacial score (nSPS) is 18.6. The molecule has 0 spiro atoms. The topological polar surface area (TPSA) is 123 Å². The van der Waals surface area contributed by atoms with Crippen LogP contribution < -0.4 is 15.0 Å². The molecule has 0 radical (unpaired) electrons. The molecule has 1 atom stereocenters. The first-order valence-corrected chi connectivity index (χ1v) is 12.6. The highest BCUT2D eigenvalue weighted by Gasteiger charge is 2.28. The van der Waals surface area contributed by atoms with Crippen LogP contribution in [-0.4, -0.2) is 66.1 Å². The van der Waals surface area contributed by atoms with Gasteiger partial charge in [0.15, 0.2) is 11.6 Å². The van der Waals surface area contributed by atoms with Gasteiger partial charge >= 0.3 is 0 Å². The van der Waals surface area contributed by atoms with E-state index in [0.29, 0.717) is 49.3 Å². The van der Waals surface area contributed by atoms with E-state index in [2.05, 4.69) is 30.3 Å². The Morgan fingerprint density at radius 1 is 1.11 bits per heavy atom. The highest BCUT2D eigenvalue weighted by Crippen LogP contribution is 2.40. The predicted molar refractivity (Wildman–Crippen MR) is 135 cm³/mol. The van der Waals surface area contributed by atoms with E-state index < -0.39 is 0 Å². The molecule has 0 unspecified atom stereocenters.